The van der Waals surface area contributed by atoms with E-state index in [1.54, 1.807) is 49.9 Å². The summed E-state index contributed by atoms with van der Waals surface area (Å²) in [5.74, 6) is 1.73. The molecule has 0 aromatic heterocycles. The summed E-state index contributed by atoms with van der Waals surface area (Å²) in [5.41, 5.74) is 0.413. The molecular weight excluding hydrogens is 430 g/mol. The molecule has 0 bridgehead atoms. The molecule has 2 atom stereocenters. The molecule has 0 spiro atoms. The van der Waals surface area contributed by atoms with E-state index in [0.29, 0.717) is 24.1 Å². The molecule has 3 amide bonds. The third-order valence-corrected chi connectivity index (χ3v) is 5.04. The molecule has 0 saturated carbocycles. The molecule has 2 unspecified atom stereocenters. The molecule has 188 valence electrons. The number of amides is 3. The summed E-state index contributed by atoms with van der Waals surface area (Å²) in [4.78, 5) is 41.4. The summed E-state index contributed by atoms with van der Waals surface area (Å²) in [7, 11) is 0. The van der Waals surface area contributed by atoms with Crippen LogP contribution >= 0.6 is 0 Å². The lowest BCUT2D eigenvalue weighted by Gasteiger charge is -2.36. The number of hydrogen-bond donors (Lipinski definition) is 2. The maximum absolute atomic E-state index is 13.9. The van der Waals surface area contributed by atoms with Crippen LogP contribution in [-0.4, -0.2) is 47.0 Å². The second-order valence-electron chi connectivity index (χ2n) is 10.1. The van der Waals surface area contributed by atoms with Crippen molar-refractivity contribution in [3.8, 4) is 12.3 Å². The highest BCUT2D eigenvalue weighted by Crippen LogP contribution is 2.27. The van der Waals surface area contributed by atoms with E-state index in [0.717, 1.165) is 6.42 Å². The topological polar surface area (TPSA) is 87.7 Å². The first-order valence-corrected chi connectivity index (χ1v) is 12.0. The van der Waals surface area contributed by atoms with E-state index in [9.17, 15) is 14.4 Å². The zero-order valence-electron chi connectivity index (χ0n) is 21.9. The zero-order chi connectivity index (χ0) is 26.1. The highest BCUT2D eigenvalue weighted by atomic mass is 16.6. The lowest BCUT2D eigenvalue weighted by Crippen LogP contribution is -2.55. The van der Waals surface area contributed by atoms with Gasteiger partial charge >= 0.3 is 6.09 Å². The van der Waals surface area contributed by atoms with Gasteiger partial charge in [-0.15, -0.1) is 6.42 Å². The van der Waals surface area contributed by atoms with Gasteiger partial charge in [-0.3, -0.25) is 9.59 Å². The molecular formula is C27H41N3O4. The Labute approximate surface area is 205 Å². The summed E-state index contributed by atoms with van der Waals surface area (Å²) >= 11 is 0. The molecule has 0 aliphatic rings. The van der Waals surface area contributed by atoms with Gasteiger partial charge in [0.05, 0.1) is 0 Å². The number of carbonyl (C=O) groups excluding carboxylic acids is 3. The summed E-state index contributed by atoms with van der Waals surface area (Å²) in [5, 5.41) is 5.65. The maximum Gasteiger partial charge on any atom is 0.408 e. The number of rotatable bonds is 10. The fraction of sp³-hybridized carbons (Fsp3) is 0.593. The van der Waals surface area contributed by atoms with Gasteiger partial charge in [-0.2, -0.15) is 0 Å². The molecule has 0 radical (unpaired) electrons. The summed E-state index contributed by atoms with van der Waals surface area (Å²) in [6.07, 6.45) is 6.57. The predicted octanol–water partition coefficient (Wildman–Crippen LogP) is 4.41. The molecule has 1 rings (SSSR count). The number of terminal acetylenes is 1. The summed E-state index contributed by atoms with van der Waals surface area (Å²) in [6.45, 7) is 15.0. The van der Waals surface area contributed by atoms with Crippen LogP contribution in [0.15, 0.2) is 24.3 Å². The van der Waals surface area contributed by atoms with Crippen LogP contribution in [0.4, 0.5) is 4.79 Å². The second-order valence-corrected chi connectivity index (χ2v) is 10.1. The minimum Gasteiger partial charge on any atom is -0.444 e. The van der Waals surface area contributed by atoms with Gasteiger partial charge in [-0.25, -0.2) is 4.79 Å². The van der Waals surface area contributed by atoms with Crippen LogP contribution in [0.1, 0.15) is 85.4 Å². The molecule has 7 nitrogen and oxygen atoms in total. The first-order valence-electron chi connectivity index (χ1n) is 12.0. The number of carbonyl (C=O) groups is 3. The lowest BCUT2D eigenvalue weighted by atomic mass is 9.95. The van der Waals surface area contributed by atoms with Crippen LogP contribution in [-0.2, 0) is 14.3 Å². The first-order chi connectivity index (χ1) is 15.8. The van der Waals surface area contributed by atoms with Gasteiger partial charge in [0.25, 0.3) is 0 Å². The fourth-order valence-corrected chi connectivity index (χ4v) is 3.50. The van der Waals surface area contributed by atoms with E-state index in [1.807, 2.05) is 34.6 Å². The van der Waals surface area contributed by atoms with E-state index in [2.05, 4.69) is 16.6 Å². The Morgan fingerprint density at radius 2 is 1.71 bits per heavy atom. The van der Waals surface area contributed by atoms with E-state index in [4.69, 9.17) is 11.2 Å². The third-order valence-electron chi connectivity index (χ3n) is 5.04. The molecule has 1 aromatic rings. The van der Waals surface area contributed by atoms with Gasteiger partial charge in [0, 0.05) is 18.2 Å². The van der Waals surface area contributed by atoms with Crippen molar-refractivity contribution < 1.29 is 19.1 Å². The predicted molar refractivity (Wildman–Crippen MR) is 135 cm³/mol. The highest BCUT2D eigenvalue weighted by Gasteiger charge is 2.38. The first kappa shape index (κ1) is 29.0. The molecule has 0 aliphatic heterocycles. The van der Waals surface area contributed by atoms with Crippen LogP contribution in [0.5, 0.6) is 0 Å². The molecule has 0 fully saturated rings. The van der Waals surface area contributed by atoms with Crippen molar-refractivity contribution in [2.75, 3.05) is 6.54 Å². The van der Waals surface area contributed by atoms with Gasteiger partial charge in [-0.05, 0) is 58.6 Å². The highest BCUT2D eigenvalue weighted by molar-refractivity contribution is 5.92. The molecule has 1 aromatic carbocycles. The van der Waals surface area contributed by atoms with Gasteiger partial charge in [0.15, 0.2) is 0 Å². The smallest absolute Gasteiger partial charge is 0.408 e. The van der Waals surface area contributed by atoms with Crippen molar-refractivity contribution in [3.63, 3.8) is 0 Å². The van der Waals surface area contributed by atoms with Gasteiger partial charge in [-0.1, -0.05) is 51.3 Å². The van der Waals surface area contributed by atoms with E-state index < -0.39 is 23.8 Å². The number of nitrogens with zero attached hydrogens (tertiary/aromatic N) is 1. The lowest BCUT2D eigenvalue weighted by molar-refractivity contribution is -0.143. The van der Waals surface area contributed by atoms with Crippen molar-refractivity contribution in [1.82, 2.24) is 15.5 Å². The minimum absolute atomic E-state index is 0.128. The Hall–Kier alpha value is -3.01. The molecule has 0 saturated heterocycles. The molecule has 0 heterocycles. The number of hydrogen-bond acceptors (Lipinski definition) is 4. The van der Waals surface area contributed by atoms with Crippen LogP contribution in [0.25, 0.3) is 0 Å². The SMILES string of the molecule is C#Cc1ccccc1C(C(=O)NC(C)C)N(CCCC)C(=O)C(NC(=O)OC(C)(C)C)C(C)C. The Bertz CT molecular complexity index is 881. The Morgan fingerprint density at radius 1 is 1.09 bits per heavy atom. The van der Waals surface area contributed by atoms with Gasteiger partial charge in [0.2, 0.25) is 11.8 Å². The van der Waals surface area contributed by atoms with Crippen LogP contribution in [0, 0.1) is 18.3 Å². The molecule has 7 heteroatoms. The summed E-state index contributed by atoms with van der Waals surface area (Å²) in [6, 6.07) is 5.19. The Morgan fingerprint density at radius 3 is 2.21 bits per heavy atom. The van der Waals surface area contributed by atoms with E-state index >= 15 is 0 Å². The minimum atomic E-state index is -0.935. The molecule has 34 heavy (non-hydrogen) atoms. The van der Waals surface area contributed by atoms with E-state index in [-0.39, 0.29) is 23.8 Å². The third kappa shape index (κ3) is 8.74. The number of benzene rings is 1. The van der Waals surface area contributed by atoms with Crippen molar-refractivity contribution in [1.29, 1.82) is 0 Å². The van der Waals surface area contributed by atoms with Gasteiger partial charge in [0.1, 0.15) is 17.7 Å². The normalized spacial score (nSPS) is 13.1. The van der Waals surface area contributed by atoms with Crippen LogP contribution in [0.3, 0.4) is 0 Å². The van der Waals surface area contributed by atoms with Crippen LogP contribution in [0.2, 0.25) is 0 Å². The maximum atomic E-state index is 13.9. The number of unbranched alkanes of at least 4 members (excludes halogenated alkanes) is 1. The van der Waals surface area contributed by atoms with Gasteiger partial charge < -0.3 is 20.3 Å². The standard InChI is InChI=1S/C27H41N3O4/c1-10-12-17-30(25(32)22(18(3)4)29-26(33)34-27(7,8)9)23(24(31)28-19(5)6)21-16-14-13-15-20(21)11-2/h2,13-16,18-19,22-23H,10,12,17H2,1,3-9H3,(H,28,31)(H,29,33). The largest absolute Gasteiger partial charge is 0.444 e. The Balaban J connectivity index is 3.52. The average Bonchev–Trinajstić information content (AvgIpc) is 2.72. The second kappa shape index (κ2) is 13.0. The quantitative estimate of drug-likeness (QED) is 0.495. The van der Waals surface area contributed by atoms with Crippen molar-refractivity contribution in [2.24, 2.45) is 5.92 Å². The Kier molecular flexibility index (Phi) is 11.1. The summed E-state index contributed by atoms with van der Waals surface area (Å²) < 4.78 is 5.38. The fourth-order valence-electron chi connectivity index (χ4n) is 3.50. The number of alkyl carbamates (subject to hydrolysis) is 1. The monoisotopic (exact) mass is 471 g/mol. The van der Waals surface area contributed by atoms with E-state index in [1.165, 1.54) is 0 Å². The molecule has 0 aliphatic carbocycles. The number of nitrogens with one attached hydrogen (secondary N) is 2. The van der Waals surface area contributed by atoms with Crippen LogP contribution < -0.4 is 10.6 Å². The van der Waals surface area contributed by atoms with Crippen molar-refractivity contribution >= 4 is 17.9 Å². The van der Waals surface area contributed by atoms with Crippen molar-refractivity contribution in [2.45, 2.75) is 92.0 Å². The van der Waals surface area contributed by atoms with Crippen molar-refractivity contribution in [3.05, 3.63) is 35.4 Å². The zero-order valence-corrected chi connectivity index (χ0v) is 21.9. The number of ether oxygens (including phenoxy) is 1. The average molecular weight is 472 g/mol. The molecule has 2 N–H and O–H groups in total.